The summed E-state index contributed by atoms with van der Waals surface area (Å²) >= 11 is 0.338. The molecule has 2 unspecified atom stereocenters. The Bertz CT molecular complexity index is 4660. The van der Waals surface area contributed by atoms with Crippen molar-refractivity contribution in [1.29, 1.82) is 0 Å². The molecule has 396 valence electrons. The third-order valence-electron chi connectivity index (χ3n) is 16.2. The van der Waals surface area contributed by atoms with Gasteiger partial charge in [-0.25, -0.2) is 0 Å². The van der Waals surface area contributed by atoms with Gasteiger partial charge in [0.15, 0.2) is 0 Å². The average Bonchev–Trinajstić information content (AvgIpc) is 4.30. The number of aromatic nitrogens is 2. The van der Waals surface area contributed by atoms with Gasteiger partial charge in [0.25, 0.3) is 0 Å². The first-order valence-electron chi connectivity index (χ1n) is 27.7. The minimum absolute atomic E-state index is 0.0295. The van der Waals surface area contributed by atoms with Gasteiger partial charge in [0.2, 0.25) is 0 Å². The zero-order valence-corrected chi connectivity index (χ0v) is 54.4. The normalized spacial score (nSPS) is 19.1. The number of rotatable bonds is 4. The summed E-state index contributed by atoms with van der Waals surface area (Å²) in [5, 5.41) is 2.17. The van der Waals surface area contributed by atoms with E-state index in [9.17, 15) is 0 Å². The summed E-state index contributed by atoms with van der Waals surface area (Å²) in [5.41, 5.74) is 30.1. The molecule has 0 spiro atoms. The molecule has 3 aliphatic rings. The van der Waals surface area contributed by atoms with Gasteiger partial charge in [-0.2, -0.15) is 0 Å². The Kier molecular flexibility index (Phi) is 13.9. The summed E-state index contributed by atoms with van der Waals surface area (Å²) in [6.07, 6.45) is 9.17. The van der Waals surface area contributed by atoms with E-state index in [2.05, 4.69) is 239 Å². The molecule has 13 rings (SSSR count). The van der Waals surface area contributed by atoms with E-state index in [1.807, 2.05) is 0 Å². The molecule has 4 nitrogen and oxygen atoms in total. The van der Waals surface area contributed by atoms with Crippen molar-refractivity contribution in [3.63, 3.8) is 0 Å². The van der Waals surface area contributed by atoms with Crippen LogP contribution in [-0.4, -0.2) is 85.4 Å². The topological polar surface area (TPSA) is 56.3 Å². The monoisotopic (exact) mass is 1300 g/mol. The van der Waals surface area contributed by atoms with Crippen molar-refractivity contribution in [1.82, 2.24) is 9.97 Å². The van der Waals surface area contributed by atoms with E-state index in [0.717, 1.165) is 39.2 Å². The van der Waals surface area contributed by atoms with Crippen LogP contribution < -0.4 is 18.9 Å². The SMILES string of the molecule is Cc1cc(C)c(/C2=c3\cc/c([nH]3)=C3\C=CC(=N3)/C(c3c(C)cc(C)cc3C)=c3/cc/c([se]3)=c3\cc/c([se]3)=C(\c3c(C)cc(C)cc3C)c3ccc([nH]3)C3=NC(C=C3)C(c3c(C)cc(C)cc3C)c3ccc([se]3)-c3ccc2[se]3)c(C)c1. The molecule has 80 heavy (non-hydrogen) atoms. The Hall–Kier alpha value is -6.26. The van der Waals surface area contributed by atoms with Crippen LogP contribution >= 0.6 is 0 Å². The van der Waals surface area contributed by atoms with E-state index in [1.165, 1.54) is 140 Å². The van der Waals surface area contributed by atoms with Crippen LogP contribution in [0.3, 0.4) is 0 Å². The number of nitrogens with one attached hydrogen (secondary N) is 2. The second kappa shape index (κ2) is 20.9. The minimum atomic E-state index is -0.0295. The van der Waals surface area contributed by atoms with Crippen molar-refractivity contribution in [3.8, 4) is 8.87 Å². The van der Waals surface area contributed by atoms with Crippen LogP contribution in [0.2, 0.25) is 0 Å². The molecule has 10 aromatic rings. The third-order valence-corrected chi connectivity index (χ3v) is 27.2. The van der Waals surface area contributed by atoms with Gasteiger partial charge in [-0.15, -0.1) is 0 Å². The van der Waals surface area contributed by atoms with Gasteiger partial charge in [-0.3, -0.25) is 0 Å². The Morgan fingerprint density at radius 2 is 0.863 bits per heavy atom. The third kappa shape index (κ3) is 9.56. The van der Waals surface area contributed by atoms with E-state index < -0.39 is 0 Å². The molecular formula is C72H64N4Se4. The van der Waals surface area contributed by atoms with Gasteiger partial charge in [0.05, 0.1) is 0 Å². The fourth-order valence-electron chi connectivity index (χ4n) is 13.3. The van der Waals surface area contributed by atoms with Gasteiger partial charge in [-0.05, 0) is 0 Å². The van der Waals surface area contributed by atoms with E-state index in [4.69, 9.17) is 9.98 Å². The van der Waals surface area contributed by atoms with Crippen LogP contribution in [0.15, 0.2) is 156 Å². The summed E-state index contributed by atoms with van der Waals surface area (Å²) in [7, 11) is 0. The molecule has 4 aromatic carbocycles. The summed E-state index contributed by atoms with van der Waals surface area (Å²) in [4.78, 5) is 19.3. The maximum atomic E-state index is 5.71. The number of H-pyrrole nitrogens is 2. The van der Waals surface area contributed by atoms with Gasteiger partial charge in [0.1, 0.15) is 0 Å². The average molecular weight is 1300 g/mol. The molecule has 2 atom stereocenters. The molecular weight excluding hydrogens is 1240 g/mol. The first-order valence-corrected chi connectivity index (χ1v) is 34.5. The molecule has 0 aliphatic carbocycles. The number of aromatic amines is 2. The molecule has 0 radical (unpaired) electrons. The van der Waals surface area contributed by atoms with Gasteiger partial charge < -0.3 is 0 Å². The van der Waals surface area contributed by atoms with Crippen LogP contribution in [0.25, 0.3) is 31.3 Å². The molecule has 0 amide bonds. The van der Waals surface area contributed by atoms with Gasteiger partial charge >= 0.3 is 498 Å². The molecule has 2 N–H and O–H groups in total. The second-order valence-electron chi connectivity index (χ2n) is 22.6. The van der Waals surface area contributed by atoms with Crippen LogP contribution in [0.5, 0.6) is 0 Å². The van der Waals surface area contributed by atoms with E-state index in [0.29, 0.717) is 0 Å². The second-order valence-corrected chi connectivity index (χ2v) is 31.7. The summed E-state index contributed by atoms with van der Waals surface area (Å²) in [6.45, 7) is 27.2. The summed E-state index contributed by atoms with van der Waals surface area (Å²) in [5.74, 6) is 0.125. The number of allylic oxidation sites excluding steroid dienone is 2. The van der Waals surface area contributed by atoms with Crippen molar-refractivity contribution in [2.45, 2.75) is 95.0 Å². The summed E-state index contributed by atoms with van der Waals surface area (Å²) in [6, 6.07) is 47.4. The van der Waals surface area contributed by atoms with Crippen molar-refractivity contribution >= 4 is 91.9 Å². The predicted molar refractivity (Wildman–Crippen MR) is 340 cm³/mol. The van der Waals surface area contributed by atoms with Crippen molar-refractivity contribution in [3.05, 3.63) is 282 Å². The Balaban J connectivity index is 1.09. The molecule has 0 fully saturated rings. The van der Waals surface area contributed by atoms with Crippen molar-refractivity contribution in [2.24, 2.45) is 9.98 Å². The molecule has 0 saturated heterocycles. The molecule has 0 saturated carbocycles. The van der Waals surface area contributed by atoms with Crippen molar-refractivity contribution < 1.29 is 0 Å². The maximum absolute atomic E-state index is 5.71. The first-order chi connectivity index (χ1) is 38.5. The molecule has 16 bridgehead atoms. The number of aryl methyl sites for hydroxylation is 12. The zero-order valence-electron chi connectivity index (χ0n) is 47.5. The quantitative estimate of drug-likeness (QED) is 0.165. The van der Waals surface area contributed by atoms with Gasteiger partial charge in [0, 0.05) is 0 Å². The van der Waals surface area contributed by atoms with Crippen LogP contribution in [-0.2, 0) is 0 Å². The number of nitrogens with zero attached hydrogens (tertiary/aromatic N) is 2. The Labute approximate surface area is 493 Å². The number of hydrogen-bond acceptors (Lipinski definition) is 2. The van der Waals surface area contributed by atoms with Crippen LogP contribution in [0.4, 0.5) is 0 Å². The predicted octanol–water partition coefficient (Wildman–Crippen LogP) is 11.6. The standard InChI is InChI=1S/C72H64N4Se4/c1-37-29-41(5)65(42(6)30-37)69-53-17-13-49(73-53)50-14-18-54(74-50)70(66-43(7)31-38(2)32-44(66)8)63-27-23-59(79-63)60-24-28-64(80-60)72(68-47(11)35-40(4)36-48(68)12)56-20-16-52(76-56)51-15-19-55(75-51)71(67-45(9)33-39(3)34-46(67)10)62-26-22-58(78-62)57-21-25-61(69)77-57/h13-36,53,69,74-75H,1-12H3/b52-51-,60-59-,70-63+,71-55+,72-64+. The fourth-order valence-corrected chi connectivity index (χ4v) is 23.6. The van der Waals surface area contributed by atoms with Crippen LogP contribution in [0.1, 0.15) is 115 Å². The Morgan fingerprint density at radius 3 is 1.48 bits per heavy atom. The number of aliphatic imine (C=N–C) groups is 2. The van der Waals surface area contributed by atoms with E-state index in [-0.39, 0.29) is 70.0 Å². The van der Waals surface area contributed by atoms with Crippen molar-refractivity contribution in [2.75, 3.05) is 0 Å². The fraction of sp³-hybridized carbons (Fsp3) is 0.194. The number of benzene rings is 4. The van der Waals surface area contributed by atoms with Crippen LogP contribution in [0, 0.1) is 91.3 Å². The summed E-state index contributed by atoms with van der Waals surface area (Å²) < 4.78 is 11.5. The number of fused-ring (bicyclic) bond motifs is 16. The van der Waals surface area contributed by atoms with E-state index >= 15 is 0 Å². The van der Waals surface area contributed by atoms with Gasteiger partial charge in [-0.1, -0.05) is 0 Å². The molecule has 9 heterocycles. The zero-order chi connectivity index (χ0) is 55.4. The molecule has 8 heteroatoms. The first kappa shape index (κ1) is 53.1. The molecule has 3 aliphatic heterocycles. The van der Waals surface area contributed by atoms with E-state index in [1.54, 1.807) is 0 Å². The Morgan fingerprint density at radius 1 is 0.375 bits per heavy atom. The number of hydrogen-bond donors (Lipinski definition) is 2. The molecule has 6 aromatic heterocycles.